The van der Waals surface area contributed by atoms with E-state index >= 15 is 0 Å². The normalized spacial score (nSPS) is 14.9. The number of carbonyl (C=O) groups is 2. The first-order valence-corrected chi connectivity index (χ1v) is 10.0. The number of aromatic nitrogens is 4. The Morgan fingerprint density at radius 2 is 1.87 bits per heavy atom. The minimum absolute atomic E-state index is 0.0414. The lowest BCUT2D eigenvalue weighted by Crippen LogP contribution is -2.42. The molecule has 9 nitrogen and oxygen atoms in total. The number of nitrogens with zero attached hydrogens (tertiary/aromatic N) is 5. The maximum absolute atomic E-state index is 12.8. The summed E-state index contributed by atoms with van der Waals surface area (Å²) in [5, 5.41) is 4.73. The van der Waals surface area contributed by atoms with Gasteiger partial charge in [0.05, 0.1) is 18.2 Å². The topological polar surface area (TPSA) is 116 Å². The van der Waals surface area contributed by atoms with E-state index in [0.29, 0.717) is 37.0 Å². The molecule has 1 fully saturated rings. The number of likely N-dealkylation sites (tertiary alicyclic amines) is 1. The molecule has 1 aliphatic rings. The second-order valence-corrected chi connectivity index (χ2v) is 7.68. The molecule has 0 radical (unpaired) electrons. The molecule has 156 valence electrons. The van der Waals surface area contributed by atoms with Crippen LogP contribution in [-0.2, 0) is 16.1 Å². The van der Waals surface area contributed by atoms with Crippen LogP contribution < -0.4 is 11.3 Å². The molecule has 3 aromatic rings. The third-order valence-electron chi connectivity index (χ3n) is 5.65. The zero-order chi connectivity index (χ0) is 21.3. The number of rotatable bonds is 5. The number of amides is 2. The van der Waals surface area contributed by atoms with E-state index in [1.54, 1.807) is 9.58 Å². The van der Waals surface area contributed by atoms with Gasteiger partial charge < -0.3 is 10.6 Å². The van der Waals surface area contributed by atoms with Crippen LogP contribution in [-0.4, -0.2) is 49.1 Å². The first-order valence-electron chi connectivity index (χ1n) is 10.0. The third kappa shape index (κ3) is 3.83. The van der Waals surface area contributed by atoms with Crippen molar-refractivity contribution in [3.8, 4) is 5.69 Å². The highest BCUT2D eigenvalue weighted by atomic mass is 16.2. The second-order valence-electron chi connectivity index (χ2n) is 7.68. The summed E-state index contributed by atoms with van der Waals surface area (Å²) in [6.07, 6.45) is 4.35. The summed E-state index contributed by atoms with van der Waals surface area (Å²) < 4.78 is 3.08. The molecular formula is C21H24N6O3. The molecule has 30 heavy (non-hydrogen) atoms. The van der Waals surface area contributed by atoms with Crippen molar-refractivity contribution in [2.75, 3.05) is 13.1 Å². The van der Waals surface area contributed by atoms with Gasteiger partial charge in [-0.2, -0.15) is 5.10 Å². The average molecular weight is 408 g/mol. The number of fused-ring (bicyclic) bond motifs is 1. The number of hydrogen-bond acceptors (Lipinski definition) is 5. The van der Waals surface area contributed by atoms with Gasteiger partial charge in [-0.15, -0.1) is 0 Å². The molecule has 9 heteroatoms. The Balaban J connectivity index is 1.46. The standard InChI is InChI=1S/C21H24N6O3/c1-14-2-4-16(5-3-14)27-20-17(12-24-27)21(30)26(13-23-20)11-8-18(28)25-9-6-15(7-10-25)19(22)29/h2-5,12-13,15H,6-11H2,1H3,(H2,22,29). The summed E-state index contributed by atoms with van der Waals surface area (Å²) in [7, 11) is 0. The second kappa shape index (κ2) is 8.10. The van der Waals surface area contributed by atoms with Gasteiger partial charge in [0.15, 0.2) is 5.65 Å². The number of carbonyl (C=O) groups excluding carboxylic acids is 2. The van der Waals surface area contributed by atoms with Gasteiger partial charge in [-0.3, -0.25) is 19.0 Å². The highest BCUT2D eigenvalue weighted by Gasteiger charge is 2.25. The fraction of sp³-hybridized carbons (Fsp3) is 0.381. The third-order valence-corrected chi connectivity index (χ3v) is 5.65. The van der Waals surface area contributed by atoms with E-state index in [0.717, 1.165) is 11.3 Å². The zero-order valence-corrected chi connectivity index (χ0v) is 16.8. The molecular weight excluding hydrogens is 384 g/mol. The maximum atomic E-state index is 12.8. The first kappa shape index (κ1) is 19.8. The van der Waals surface area contributed by atoms with Crippen LogP contribution in [0.15, 0.2) is 41.6 Å². The fourth-order valence-electron chi connectivity index (χ4n) is 3.77. The number of piperidine rings is 1. The minimum Gasteiger partial charge on any atom is -0.369 e. The smallest absolute Gasteiger partial charge is 0.264 e. The zero-order valence-electron chi connectivity index (χ0n) is 16.8. The maximum Gasteiger partial charge on any atom is 0.264 e. The van der Waals surface area contributed by atoms with Crippen molar-refractivity contribution < 1.29 is 9.59 Å². The van der Waals surface area contributed by atoms with Gasteiger partial charge >= 0.3 is 0 Å². The van der Waals surface area contributed by atoms with E-state index in [4.69, 9.17) is 5.73 Å². The van der Waals surface area contributed by atoms with Crippen LogP contribution in [0.1, 0.15) is 24.8 Å². The highest BCUT2D eigenvalue weighted by Crippen LogP contribution is 2.18. The van der Waals surface area contributed by atoms with E-state index < -0.39 is 0 Å². The van der Waals surface area contributed by atoms with Crippen LogP contribution in [0.2, 0.25) is 0 Å². The molecule has 1 aliphatic heterocycles. The Kier molecular flexibility index (Phi) is 5.35. The molecule has 3 heterocycles. The lowest BCUT2D eigenvalue weighted by atomic mass is 9.96. The highest BCUT2D eigenvalue weighted by molar-refractivity contribution is 5.79. The van der Waals surface area contributed by atoms with Crippen molar-refractivity contribution >= 4 is 22.8 Å². The lowest BCUT2D eigenvalue weighted by Gasteiger charge is -2.30. The molecule has 2 N–H and O–H groups in total. The number of nitrogens with two attached hydrogens (primary N) is 1. The van der Waals surface area contributed by atoms with Gasteiger partial charge in [0.25, 0.3) is 5.56 Å². The van der Waals surface area contributed by atoms with Gasteiger partial charge in [-0.05, 0) is 31.9 Å². The Hall–Kier alpha value is -3.49. The monoisotopic (exact) mass is 408 g/mol. The van der Waals surface area contributed by atoms with E-state index in [2.05, 4.69) is 10.1 Å². The van der Waals surface area contributed by atoms with E-state index in [1.165, 1.54) is 17.1 Å². The summed E-state index contributed by atoms with van der Waals surface area (Å²) in [4.78, 5) is 42.7. The molecule has 0 saturated carbocycles. The molecule has 1 aromatic carbocycles. The fourth-order valence-corrected chi connectivity index (χ4v) is 3.77. The van der Waals surface area contributed by atoms with E-state index in [-0.39, 0.29) is 36.3 Å². The molecule has 0 spiro atoms. The molecule has 0 unspecified atom stereocenters. The van der Waals surface area contributed by atoms with Crippen LogP contribution in [0.3, 0.4) is 0 Å². The Morgan fingerprint density at radius 1 is 1.17 bits per heavy atom. The molecule has 1 saturated heterocycles. The molecule has 2 amide bonds. The van der Waals surface area contributed by atoms with Crippen molar-refractivity contribution in [1.82, 2.24) is 24.2 Å². The van der Waals surface area contributed by atoms with Crippen molar-refractivity contribution in [2.45, 2.75) is 32.7 Å². The summed E-state index contributed by atoms with van der Waals surface area (Å²) in [5.41, 5.74) is 7.56. The SMILES string of the molecule is Cc1ccc(-n2ncc3c(=O)n(CCC(=O)N4CCC(C(N)=O)CC4)cnc32)cc1. The van der Waals surface area contributed by atoms with Crippen LogP contribution >= 0.6 is 0 Å². The van der Waals surface area contributed by atoms with Crippen molar-refractivity contribution in [2.24, 2.45) is 11.7 Å². The van der Waals surface area contributed by atoms with Crippen LogP contribution in [0.25, 0.3) is 16.7 Å². The summed E-state index contributed by atoms with van der Waals surface area (Å²) in [6, 6.07) is 7.80. The van der Waals surface area contributed by atoms with Crippen molar-refractivity contribution in [1.29, 1.82) is 0 Å². The van der Waals surface area contributed by atoms with Gasteiger partial charge in [-0.1, -0.05) is 17.7 Å². The first-order chi connectivity index (χ1) is 14.4. The average Bonchev–Trinajstić information content (AvgIpc) is 3.18. The molecule has 4 rings (SSSR count). The predicted octanol–water partition coefficient (Wildman–Crippen LogP) is 1.00. The number of benzene rings is 1. The predicted molar refractivity (Wildman–Crippen MR) is 111 cm³/mol. The van der Waals surface area contributed by atoms with Crippen LogP contribution in [0, 0.1) is 12.8 Å². The lowest BCUT2D eigenvalue weighted by molar-refractivity contribution is -0.135. The number of hydrogen-bond donors (Lipinski definition) is 1. The van der Waals surface area contributed by atoms with E-state index in [9.17, 15) is 14.4 Å². The Morgan fingerprint density at radius 3 is 2.53 bits per heavy atom. The molecule has 0 atom stereocenters. The van der Waals surface area contributed by atoms with Crippen molar-refractivity contribution in [3.05, 3.63) is 52.7 Å². The Bertz CT molecular complexity index is 1140. The molecule has 0 bridgehead atoms. The number of primary amides is 1. The largest absolute Gasteiger partial charge is 0.369 e. The summed E-state index contributed by atoms with van der Waals surface area (Å²) in [6.45, 7) is 3.28. The van der Waals surface area contributed by atoms with Gasteiger partial charge in [-0.25, -0.2) is 9.67 Å². The van der Waals surface area contributed by atoms with Gasteiger partial charge in [0.1, 0.15) is 5.39 Å². The van der Waals surface area contributed by atoms with E-state index in [1.807, 2.05) is 31.2 Å². The quantitative estimate of drug-likeness (QED) is 0.676. The van der Waals surface area contributed by atoms with Crippen LogP contribution in [0.5, 0.6) is 0 Å². The summed E-state index contributed by atoms with van der Waals surface area (Å²) in [5.74, 6) is -0.507. The summed E-state index contributed by atoms with van der Waals surface area (Å²) >= 11 is 0. The molecule has 0 aliphatic carbocycles. The Labute approximate surface area is 173 Å². The van der Waals surface area contributed by atoms with Gasteiger partial charge in [0.2, 0.25) is 11.8 Å². The minimum atomic E-state index is -0.306. The van der Waals surface area contributed by atoms with Crippen LogP contribution in [0.4, 0.5) is 0 Å². The van der Waals surface area contributed by atoms with Gasteiger partial charge in [0, 0.05) is 32.0 Å². The van der Waals surface area contributed by atoms with Crippen molar-refractivity contribution in [3.63, 3.8) is 0 Å². The number of aryl methyl sites for hydroxylation is 2. The molecule has 2 aromatic heterocycles.